The highest BCUT2D eigenvalue weighted by molar-refractivity contribution is 6.06. The molecule has 0 radical (unpaired) electrons. The lowest BCUT2D eigenvalue weighted by Gasteiger charge is -2.15. The van der Waals surface area contributed by atoms with Crippen LogP contribution in [0.25, 0.3) is 21.7 Å². The first-order valence-corrected chi connectivity index (χ1v) is 7.63. The molecule has 0 aliphatic carbocycles. The largest absolute Gasteiger partial charge is 0.497 e. The molecule has 1 heterocycles. The van der Waals surface area contributed by atoms with Gasteiger partial charge in [0.25, 0.3) is 0 Å². The summed E-state index contributed by atoms with van der Waals surface area (Å²) in [5.41, 5.74) is 0.720. The molecule has 0 bridgehead atoms. The molecule has 5 heteroatoms. The maximum absolute atomic E-state index is 12.3. The van der Waals surface area contributed by atoms with Crippen molar-refractivity contribution < 1.29 is 18.7 Å². The van der Waals surface area contributed by atoms with Crippen LogP contribution in [0.15, 0.2) is 39.5 Å². The zero-order chi connectivity index (χ0) is 17.4. The van der Waals surface area contributed by atoms with E-state index < -0.39 is 11.7 Å². The van der Waals surface area contributed by atoms with E-state index in [1.807, 2.05) is 19.1 Å². The van der Waals surface area contributed by atoms with Crippen LogP contribution in [0.1, 0.15) is 19.4 Å². The fourth-order valence-electron chi connectivity index (χ4n) is 2.62. The number of fused-ring (bicyclic) bond motifs is 3. The first kappa shape index (κ1) is 16.1. The molecule has 1 aromatic heterocycles. The lowest BCUT2D eigenvalue weighted by molar-refractivity contribution is -0.122. The summed E-state index contributed by atoms with van der Waals surface area (Å²) in [4.78, 5) is 23.7. The summed E-state index contributed by atoms with van der Waals surface area (Å²) in [6.45, 7) is 4.97. The molecule has 24 heavy (non-hydrogen) atoms. The third-order valence-corrected chi connectivity index (χ3v) is 4.16. The fourth-order valence-corrected chi connectivity index (χ4v) is 2.62. The van der Waals surface area contributed by atoms with Gasteiger partial charge in [-0.15, -0.1) is 0 Å². The quantitative estimate of drug-likeness (QED) is 0.541. The summed E-state index contributed by atoms with van der Waals surface area (Å²) >= 11 is 0. The Labute approximate surface area is 138 Å². The molecule has 0 aliphatic heterocycles. The Morgan fingerprint density at radius 1 is 1.12 bits per heavy atom. The van der Waals surface area contributed by atoms with Gasteiger partial charge in [0.15, 0.2) is 11.9 Å². The third-order valence-electron chi connectivity index (χ3n) is 4.16. The summed E-state index contributed by atoms with van der Waals surface area (Å²) in [6, 6.07) is 8.94. The van der Waals surface area contributed by atoms with Crippen molar-refractivity contribution in [3.63, 3.8) is 0 Å². The van der Waals surface area contributed by atoms with Crippen molar-refractivity contribution in [3.8, 4) is 11.5 Å². The predicted octanol–water partition coefficient (Wildman–Crippen LogP) is 3.62. The van der Waals surface area contributed by atoms with Crippen molar-refractivity contribution in [2.45, 2.75) is 26.9 Å². The number of carbonyl (C=O) groups excluding carboxylic acids is 1. The van der Waals surface area contributed by atoms with Crippen LogP contribution in [0.4, 0.5) is 0 Å². The molecule has 1 atom stereocenters. The Bertz CT molecular complexity index is 1000. The molecule has 5 nitrogen and oxygen atoms in total. The molecule has 0 spiro atoms. The van der Waals surface area contributed by atoms with E-state index in [1.54, 1.807) is 32.2 Å². The first-order chi connectivity index (χ1) is 11.4. The van der Waals surface area contributed by atoms with Crippen LogP contribution in [0.2, 0.25) is 0 Å². The van der Waals surface area contributed by atoms with Crippen LogP contribution in [-0.4, -0.2) is 19.0 Å². The van der Waals surface area contributed by atoms with Gasteiger partial charge in [0.1, 0.15) is 17.1 Å². The molecule has 0 fully saturated rings. The number of carbonyl (C=O) groups is 1. The Kier molecular flexibility index (Phi) is 4.01. The van der Waals surface area contributed by atoms with Crippen LogP contribution in [0, 0.1) is 6.92 Å². The lowest BCUT2D eigenvalue weighted by atomic mass is 10.0. The molecule has 0 N–H and O–H groups in total. The second-order valence-corrected chi connectivity index (χ2v) is 5.74. The SMILES string of the molecule is COc1ccc2c(c1)c(=O)oc1c(C)c(O[C@@H](C)C(C)=O)ccc12. The number of aryl methyl sites for hydroxylation is 1. The molecule has 0 saturated carbocycles. The van der Waals surface area contributed by atoms with Gasteiger partial charge in [-0.25, -0.2) is 4.79 Å². The summed E-state index contributed by atoms with van der Waals surface area (Å²) in [6.07, 6.45) is -0.558. The Hall–Kier alpha value is -2.82. The minimum absolute atomic E-state index is 0.0680. The fraction of sp³-hybridized carbons (Fsp3) is 0.263. The monoisotopic (exact) mass is 326 g/mol. The van der Waals surface area contributed by atoms with Crippen molar-refractivity contribution in [1.29, 1.82) is 0 Å². The van der Waals surface area contributed by atoms with Crippen molar-refractivity contribution in [2.75, 3.05) is 7.11 Å². The molecule has 0 saturated heterocycles. The van der Waals surface area contributed by atoms with Gasteiger partial charge in [-0.05, 0) is 51.1 Å². The van der Waals surface area contributed by atoms with E-state index >= 15 is 0 Å². The third kappa shape index (κ3) is 2.62. The van der Waals surface area contributed by atoms with E-state index in [0.717, 1.165) is 10.8 Å². The molecule has 124 valence electrons. The molecule has 2 aromatic carbocycles. The van der Waals surface area contributed by atoms with Gasteiger partial charge in [-0.1, -0.05) is 0 Å². The van der Waals surface area contributed by atoms with Gasteiger partial charge in [-0.2, -0.15) is 0 Å². The topological polar surface area (TPSA) is 65.7 Å². The molecule has 3 rings (SSSR count). The number of ether oxygens (including phenoxy) is 2. The molecule has 0 aliphatic rings. The van der Waals surface area contributed by atoms with E-state index in [-0.39, 0.29) is 5.78 Å². The number of hydrogen-bond acceptors (Lipinski definition) is 5. The second kappa shape index (κ2) is 6.00. The zero-order valence-electron chi connectivity index (χ0n) is 14.0. The molecule has 0 unspecified atom stereocenters. The standard InChI is InChI=1S/C19H18O5/c1-10-17(23-12(3)11(2)20)8-7-15-14-6-5-13(22-4)9-16(14)19(21)24-18(10)15/h5-9,12H,1-4H3/t12-/m0/s1. The summed E-state index contributed by atoms with van der Waals surface area (Å²) in [5, 5.41) is 2.07. The van der Waals surface area contributed by atoms with Crippen LogP contribution < -0.4 is 15.1 Å². The number of rotatable bonds is 4. The summed E-state index contributed by atoms with van der Waals surface area (Å²) in [7, 11) is 1.55. The normalized spacial score (nSPS) is 12.3. The van der Waals surface area contributed by atoms with Crippen LogP contribution in [0.5, 0.6) is 11.5 Å². The average molecular weight is 326 g/mol. The van der Waals surface area contributed by atoms with Crippen molar-refractivity contribution in [3.05, 3.63) is 46.3 Å². The van der Waals surface area contributed by atoms with Gasteiger partial charge in [-0.3, -0.25) is 4.79 Å². The number of hydrogen-bond donors (Lipinski definition) is 0. The number of Topliss-reactive ketones (excluding diaryl/α,β-unsaturated/α-hetero) is 1. The van der Waals surface area contributed by atoms with Crippen molar-refractivity contribution in [2.24, 2.45) is 0 Å². The van der Waals surface area contributed by atoms with Crippen LogP contribution in [-0.2, 0) is 4.79 Å². The van der Waals surface area contributed by atoms with E-state index in [9.17, 15) is 9.59 Å². The molecule has 3 aromatic rings. The first-order valence-electron chi connectivity index (χ1n) is 7.63. The maximum atomic E-state index is 12.3. The van der Waals surface area contributed by atoms with Crippen molar-refractivity contribution >= 4 is 27.5 Å². The highest BCUT2D eigenvalue weighted by atomic mass is 16.5. The molecular weight excluding hydrogens is 308 g/mol. The van der Waals surface area contributed by atoms with E-state index in [0.29, 0.717) is 28.0 Å². The van der Waals surface area contributed by atoms with E-state index in [1.165, 1.54) is 6.92 Å². The van der Waals surface area contributed by atoms with E-state index in [2.05, 4.69) is 0 Å². The van der Waals surface area contributed by atoms with Gasteiger partial charge in [0.2, 0.25) is 0 Å². The zero-order valence-corrected chi connectivity index (χ0v) is 14.0. The average Bonchev–Trinajstić information content (AvgIpc) is 2.57. The minimum atomic E-state index is -0.558. The summed E-state index contributed by atoms with van der Waals surface area (Å²) in [5.74, 6) is 1.06. The van der Waals surface area contributed by atoms with Gasteiger partial charge < -0.3 is 13.9 Å². The second-order valence-electron chi connectivity index (χ2n) is 5.74. The van der Waals surface area contributed by atoms with Crippen LogP contribution >= 0.6 is 0 Å². The highest BCUT2D eigenvalue weighted by Gasteiger charge is 2.16. The lowest BCUT2D eigenvalue weighted by Crippen LogP contribution is -2.21. The maximum Gasteiger partial charge on any atom is 0.344 e. The Morgan fingerprint density at radius 3 is 2.50 bits per heavy atom. The van der Waals surface area contributed by atoms with Gasteiger partial charge in [0.05, 0.1) is 12.5 Å². The van der Waals surface area contributed by atoms with E-state index in [4.69, 9.17) is 13.9 Å². The number of benzene rings is 2. The number of ketones is 1. The molecular formula is C19H18O5. The number of methoxy groups -OCH3 is 1. The minimum Gasteiger partial charge on any atom is -0.497 e. The highest BCUT2D eigenvalue weighted by Crippen LogP contribution is 2.32. The Morgan fingerprint density at radius 2 is 1.83 bits per heavy atom. The summed E-state index contributed by atoms with van der Waals surface area (Å²) < 4.78 is 16.3. The van der Waals surface area contributed by atoms with Gasteiger partial charge in [0, 0.05) is 16.3 Å². The van der Waals surface area contributed by atoms with Crippen LogP contribution in [0.3, 0.4) is 0 Å². The van der Waals surface area contributed by atoms with Gasteiger partial charge >= 0.3 is 5.63 Å². The molecule has 0 amide bonds. The van der Waals surface area contributed by atoms with Crippen molar-refractivity contribution in [1.82, 2.24) is 0 Å². The Balaban J connectivity index is 2.24. The smallest absolute Gasteiger partial charge is 0.344 e. The predicted molar refractivity (Wildman–Crippen MR) is 92.1 cm³/mol.